The number of rotatable bonds is 7. The van der Waals surface area contributed by atoms with E-state index >= 15 is 0 Å². The summed E-state index contributed by atoms with van der Waals surface area (Å²) in [5, 5.41) is 27.2. The van der Waals surface area contributed by atoms with Gasteiger partial charge in [0.25, 0.3) is 11.4 Å². The van der Waals surface area contributed by atoms with Crippen molar-refractivity contribution in [3.05, 3.63) is 145 Å². The first-order valence-corrected chi connectivity index (χ1v) is 14.1. The van der Waals surface area contributed by atoms with Gasteiger partial charge in [-0.25, -0.2) is 10.3 Å². The highest BCUT2D eigenvalue weighted by Crippen LogP contribution is 2.63. The highest BCUT2D eigenvalue weighted by molar-refractivity contribution is 6.25. The Morgan fingerprint density at radius 2 is 1.42 bits per heavy atom. The number of nitro groups is 2. The number of hydrogen-bond donors (Lipinski definition) is 1. The Balaban J connectivity index is 1.32. The predicted octanol–water partition coefficient (Wildman–Crippen LogP) is 4.40. The van der Waals surface area contributed by atoms with Gasteiger partial charge in [0.05, 0.1) is 33.5 Å². The van der Waals surface area contributed by atoms with Gasteiger partial charge in [0.15, 0.2) is 0 Å². The van der Waals surface area contributed by atoms with Crippen LogP contribution in [0.5, 0.6) is 0 Å². The number of benzene rings is 4. The molecule has 12 heteroatoms. The summed E-state index contributed by atoms with van der Waals surface area (Å²) in [7, 11) is 0. The fourth-order valence-electron chi connectivity index (χ4n) is 7.26. The average molecular weight is 602 g/mol. The van der Waals surface area contributed by atoms with E-state index in [-0.39, 0.29) is 23.5 Å². The van der Waals surface area contributed by atoms with Gasteiger partial charge in [0.2, 0.25) is 17.7 Å². The second kappa shape index (κ2) is 10.3. The molecule has 4 aromatic rings. The first kappa shape index (κ1) is 27.8. The fourth-order valence-corrected chi connectivity index (χ4v) is 7.26. The zero-order valence-corrected chi connectivity index (χ0v) is 23.4. The predicted molar refractivity (Wildman–Crippen MR) is 162 cm³/mol. The number of hydrazone groups is 1. The standard InChI is InChI=1S/C33H23N5O7/c39-27(17-19-13-15-20(16-14-19)37(42)43)35-34-18-33-23-9-3-1-7-21(23)28(22-8-2-4-10-24(22)33)29-30(33)32(41)36(31(29)40)25-11-5-6-12-26(25)38(44)45/h1-16,18,28-30H,17H2,(H,35,39)/b34-18-/t28?,29-,30+,33?/m0/s1. The summed E-state index contributed by atoms with van der Waals surface area (Å²) in [6.45, 7) is 0. The lowest BCUT2D eigenvalue weighted by atomic mass is 9.47. The molecule has 0 unspecified atom stereocenters. The maximum atomic E-state index is 14.4. The number of amides is 3. The van der Waals surface area contributed by atoms with Crippen molar-refractivity contribution in [2.24, 2.45) is 16.9 Å². The molecule has 8 rings (SSSR count). The quantitative estimate of drug-likeness (QED) is 0.142. The average Bonchev–Trinajstić information content (AvgIpc) is 3.31. The number of imide groups is 1. The minimum Gasteiger partial charge on any atom is -0.274 e. The molecule has 1 heterocycles. The molecular formula is C33H23N5O7. The third-order valence-corrected chi connectivity index (χ3v) is 8.97. The molecular weight excluding hydrogens is 578 g/mol. The highest BCUT2D eigenvalue weighted by atomic mass is 16.6. The van der Waals surface area contributed by atoms with E-state index in [4.69, 9.17) is 0 Å². The van der Waals surface area contributed by atoms with Crippen molar-refractivity contribution in [2.45, 2.75) is 17.8 Å². The van der Waals surface area contributed by atoms with Crippen LogP contribution < -0.4 is 10.3 Å². The Kier molecular flexibility index (Phi) is 6.36. The summed E-state index contributed by atoms with van der Waals surface area (Å²) < 4.78 is 0. The van der Waals surface area contributed by atoms with Crippen LogP contribution in [0, 0.1) is 32.1 Å². The Bertz CT molecular complexity index is 1920. The van der Waals surface area contributed by atoms with Crippen LogP contribution in [0.3, 0.4) is 0 Å². The molecule has 45 heavy (non-hydrogen) atoms. The molecule has 2 atom stereocenters. The maximum absolute atomic E-state index is 14.4. The van der Waals surface area contributed by atoms with E-state index in [1.54, 1.807) is 6.07 Å². The minimum absolute atomic E-state index is 0.0945. The SMILES string of the molecule is O=C(Cc1ccc([N+](=O)[O-])cc1)N/N=C\C12c3ccccc3C(c3ccccc31)[C@@H]1C(=O)N(c3ccccc3[N+](=O)[O-])C(=O)[C@@H]12. The molecule has 1 aliphatic heterocycles. The number of carbonyl (C=O) groups is 3. The van der Waals surface area contributed by atoms with E-state index in [1.165, 1.54) is 48.7 Å². The van der Waals surface area contributed by atoms with E-state index in [1.807, 2.05) is 48.5 Å². The van der Waals surface area contributed by atoms with E-state index in [0.717, 1.165) is 27.2 Å². The number of hydrogen-bond acceptors (Lipinski definition) is 8. The van der Waals surface area contributed by atoms with Gasteiger partial charge in [-0.15, -0.1) is 0 Å². The van der Waals surface area contributed by atoms with Gasteiger partial charge < -0.3 is 0 Å². The lowest BCUT2D eigenvalue weighted by Crippen LogP contribution is -2.54. The number of nitrogens with one attached hydrogen (secondary N) is 1. The molecule has 0 radical (unpaired) electrons. The largest absolute Gasteiger partial charge is 0.293 e. The van der Waals surface area contributed by atoms with Gasteiger partial charge in [0, 0.05) is 30.3 Å². The van der Waals surface area contributed by atoms with Crippen LogP contribution in [-0.4, -0.2) is 33.8 Å². The third kappa shape index (κ3) is 4.06. The molecule has 12 nitrogen and oxygen atoms in total. The van der Waals surface area contributed by atoms with Crippen molar-refractivity contribution < 1.29 is 24.2 Å². The summed E-state index contributed by atoms with van der Waals surface area (Å²) in [6.07, 6.45) is 1.39. The molecule has 1 N–H and O–H groups in total. The van der Waals surface area contributed by atoms with Crippen LogP contribution in [-0.2, 0) is 26.2 Å². The zero-order valence-electron chi connectivity index (χ0n) is 23.4. The van der Waals surface area contributed by atoms with Crippen molar-refractivity contribution >= 4 is 41.0 Å². The van der Waals surface area contributed by atoms with Crippen molar-refractivity contribution in [1.82, 2.24) is 5.43 Å². The summed E-state index contributed by atoms with van der Waals surface area (Å²) in [5.41, 5.74) is 4.43. The number of carbonyl (C=O) groups excluding carboxylic acids is 3. The van der Waals surface area contributed by atoms with E-state index in [9.17, 15) is 34.6 Å². The second-order valence-electron chi connectivity index (χ2n) is 11.2. The number of para-hydroxylation sites is 2. The topological polar surface area (TPSA) is 165 Å². The smallest absolute Gasteiger partial charge is 0.274 e. The molecule has 4 aromatic carbocycles. The first-order valence-electron chi connectivity index (χ1n) is 14.1. The Morgan fingerprint density at radius 3 is 2.04 bits per heavy atom. The maximum Gasteiger partial charge on any atom is 0.293 e. The number of nitro benzene ring substituents is 2. The lowest BCUT2D eigenvalue weighted by molar-refractivity contribution is -0.384. The second-order valence-corrected chi connectivity index (χ2v) is 11.2. The summed E-state index contributed by atoms with van der Waals surface area (Å²) in [4.78, 5) is 64.3. The zero-order chi connectivity index (χ0) is 31.5. The molecule has 1 fully saturated rings. The molecule has 0 aromatic heterocycles. The molecule has 222 valence electrons. The summed E-state index contributed by atoms with van der Waals surface area (Å²) in [6, 6.07) is 26.2. The van der Waals surface area contributed by atoms with Gasteiger partial charge in [-0.3, -0.25) is 34.6 Å². The Hall–Kier alpha value is -6.04. The number of anilines is 1. The molecule has 2 bridgehead atoms. The molecule has 0 spiro atoms. The van der Waals surface area contributed by atoms with E-state index < -0.39 is 50.7 Å². The molecule has 4 aliphatic rings. The highest BCUT2D eigenvalue weighted by Gasteiger charge is 2.68. The van der Waals surface area contributed by atoms with Crippen molar-refractivity contribution in [3.8, 4) is 0 Å². The van der Waals surface area contributed by atoms with Gasteiger partial charge in [0.1, 0.15) is 5.69 Å². The van der Waals surface area contributed by atoms with Crippen LogP contribution in [0.25, 0.3) is 0 Å². The van der Waals surface area contributed by atoms with Crippen LogP contribution in [0.15, 0.2) is 102 Å². The Morgan fingerprint density at radius 1 is 0.822 bits per heavy atom. The first-order chi connectivity index (χ1) is 21.7. The van der Waals surface area contributed by atoms with E-state index in [2.05, 4.69) is 10.5 Å². The Labute approximate surface area is 255 Å². The monoisotopic (exact) mass is 601 g/mol. The summed E-state index contributed by atoms with van der Waals surface area (Å²) in [5.74, 6) is -3.95. The normalized spacial score (nSPS) is 22.6. The van der Waals surface area contributed by atoms with Crippen LogP contribution in [0.1, 0.15) is 33.7 Å². The summed E-state index contributed by atoms with van der Waals surface area (Å²) >= 11 is 0. The van der Waals surface area contributed by atoms with Gasteiger partial charge >= 0.3 is 0 Å². The fraction of sp³-hybridized carbons (Fsp3) is 0.152. The van der Waals surface area contributed by atoms with Crippen molar-refractivity contribution in [3.63, 3.8) is 0 Å². The minimum atomic E-state index is -1.28. The molecule has 3 aliphatic carbocycles. The van der Waals surface area contributed by atoms with Gasteiger partial charge in [-0.05, 0) is 33.9 Å². The lowest BCUT2D eigenvalue weighted by Gasteiger charge is -2.52. The van der Waals surface area contributed by atoms with E-state index in [0.29, 0.717) is 5.56 Å². The molecule has 0 saturated carbocycles. The van der Waals surface area contributed by atoms with Crippen molar-refractivity contribution in [1.29, 1.82) is 0 Å². The van der Waals surface area contributed by atoms with Gasteiger partial charge in [-0.1, -0.05) is 72.8 Å². The third-order valence-electron chi connectivity index (χ3n) is 8.97. The number of nitrogens with zero attached hydrogens (tertiary/aromatic N) is 4. The molecule has 1 saturated heterocycles. The molecule has 3 amide bonds. The van der Waals surface area contributed by atoms with Crippen LogP contribution in [0.2, 0.25) is 0 Å². The van der Waals surface area contributed by atoms with Crippen LogP contribution >= 0.6 is 0 Å². The van der Waals surface area contributed by atoms with Crippen LogP contribution in [0.4, 0.5) is 17.1 Å². The van der Waals surface area contributed by atoms with Gasteiger partial charge in [-0.2, -0.15) is 5.10 Å². The number of non-ortho nitro benzene ring substituents is 1. The van der Waals surface area contributed by atoms with Crippen molar-refractivity contribution in [2.75, 3.05) is 4.90 Å².